The van der Waals surface area contributed by atoms with E-state index in [9.17, 15) is 1.37 Å². The summed E-state index contributed by atoms with van der Waals surface area (Å²) in [4.78, 5) is 6.77. The van der Waals surface area contributed by atoms with Gasteiger partial charge >= 0.3 is 0 Å². The zero-order valence-corrected chi connectivity index (χ0v) is 33.3. The molecule has 0 radical (unpaired) electrons. The fourth-order valence-corrected chi connectivity index (χ4v) is 10.3. The maximum Gasteiger partial charge on any atom is 0.0638 e. The van der Waals surface area contributed by atoms with Crippen molar-refractivity contribution in [2.75, 3.05) is 14.7 Å². The van der Waals surface area contributed by atoms with E-state index in [0.29, 0.717) is 10.1 Å². The molecule has 280 valence electrons. The van der Waals surface area contributed by atoms with E-state index in [1.165, 1.54) is 26.8 Å². The summed E-state index contributed by atoms with van der Waals surface area (Å²) in [6, 6.07) is 68.9. The van der Waals surface area contributed by atoms with Crippen molar-refractivity contribution in [1.29, 1.82) is 0 Å². The number of benzene rings is 9. The number of nitrogens with zero attached hydrogens (tertiary/aromatic N) is 3. The topological polar surface area (TPSA) is 9.72 Å². The van der Waals surface area contributed by atoms with E-state index in [1.807, 2.05) is 54.6 Å². The van der Waals surface area contributed by atoms with Crippen LogP contribution in [-0.4, -0.2) is 0 Å². The quantitative estimate of drug-likeness (QED) is 0.144. The minimum absolute atomic E-state index is 0.0281. The number of rotatable bonds is 9. The molecule has 0 N–H and O–H groups in total. The highest BCUT2D eigenvalue weighted by Crippen LogP contribution is 2.50. The SMILES string of the molecule is [2H]c1c([2H])c([2H])c2c(sc3cc(N(c4ccccc4)c4ccc5c(c4)sc4ccc(N(c6ccccc6)c6ccccc6)cc45)cc(N(c4ccccc4)c4ccccc4)c32)c1[2H]. The first-order valence-corrected chi connectivity index (χ1v) is 21.1. The molecule has 11 aromatic rings. The molecule has 5 heteroatoms. The Morgan fingerprint density at radius 2 is 0.763 bits per heavy atom. The van der Waals surface area contributed by atoms with Gasteiger partial charge in [-0.05, 0) is 109 Å². The highest BCUT2D eigenvalue weighted by Gasteiger charge is 2.23. The second kappa shape index (κ2) is 15.0. The normalized spacial score (nSPS) is 12.3. The van der Waals surface area contributed by atoms with Gasteiger partial charge in [-0.2, -0.15) is 0 Å². The third-order valence-electron chi connectivity index (χ3n) is 10.7. The summed E-state index contributed by atoms with van der Waals surface area (Å²) in [7, 11) is 0. The van der Waals surface area contributed by atoms with Gasteiger partial charge in [-0.25, -0.2) is 0 Å². The summed E-state index contributed by atoms with van der Waals surface area (Å²) in [6.07, 6.45) is 0. The predicted molar refractivity (Wildman–Crippen MR) is 256 cm³/mol. The second-order valence-corrected chi connectivity index (χ2v) is 16.4. The molecule has 0 atom stereocenters. The Labute approximate surface area is 357 Å². The first kappa shape index (κ1) is 30.9. The van der Waals surface area contributed by atoms with Crippen LogP contribution in [0.4, 0.5) is 51.2 Å². The van der Waals surface area contributed by atoms with Crippen LogP contribution in [0.25, 0.3) is 40.3 Å². The van der Waals surface area contributed by atoms with Crippen molar-refractivity contribution < 1.29 is 5.48 Å². The van der Waals surface area contributed by atoms with Crippen LogP contribution in [0.1, 0.15) is 5.48 Å². The Morgan fingerprint density at radius 1 is 0.305 bits per heavy atom. The molecule has 59 heavy (non-hydrogen) atoms. The van der Waals surface area contributed by atoms with Crippen molar-refractivity contribution in [1.82, 2.24) is 0 Å². The Morgan fingerprint density at radius 3 is 1.34 bits per heavy atom. The van der Waals surface area contributed by atoms with Crippen LogP contribution in [0.3, 0.4) is 0 Å². The Kier molecular flexibility index (Phi) is 7.83. The van der Waals surface area contributed by atoms with Crippen LogP contribution in [0, 0.1) is 0 Å². The molecule has 3 nitrogen and oxygen atoms in total. The summed E-state index contributed by atoms with van der Waals surface area (Å²) >= 11 is 3.19. The number of anilines is 9. The largest absolute Gasteiger partial charge is 0.310 e. The van der Waals surface area contributed by atoms with E-state index in [-0.39, 0.29) is 24.2 Å². The third kappa shape index (κ3) is 6.38. The van der Waals surface area contributed by atoms with E-state index in [0.717, 1.165) is 66.0 Å². The van der Waals surface area contributed by atoms with E-state index >= 15 is 0 Å². The first-order valence-electron chi connectivity index (χ1n) is 21.5. The van der Waals surface area contributed by atoms with Gasteiger partial charge in [0.15, 0.2) is 0 Å². The average molecular weight is 796 g/mol. The molecule has 11 rings (SSSR count). The summed E-state index contributed by atoms with van der Waals surface area (Å²) in [6.45, 7) is 0. The molecule has 0 aliphatic heterocycles. The second-order valence-electron chi connectivity index (χ2n) is 14.3. The van der Waals surface area contributed by atoms with Crippen molar-refractivity contribution in [3.63, 3.8) is 0 Å². The van der Waals surface area contributed by atoms with Crippen molar-refractivity contribution in [2.45, 2.75) is 0 Å². The number of fused-ring (bicyclic) bond motifs is 6. The Balaban J connectivity index is 1.13. The maximum atomic E-state index is 9.21. The standard InChI is InChI=1S/C54H37N3S2/c1-6-18-38(19-7-1)55(39-20-8-2-9-21-39)43-31-33-51-48(34-43)46-32-30-44(36-52(46)58-51)56(40-22-10-3-11-23-40)45-35-49(54-47-28-16-17-29-50(47)59-53(54)37-45)57(41-24-12-4-13-25-41)42-26-14-5-15-27-42/h1-37H/i16D,17D,28D,29D. The molecule has 0 fully saturated rings. The molecular weight excluding hydrogens is 755 g/mol. The summed E-state index contributed by atoms with van der Waals surface area (Å²) in [5.74, 6) is 0. The van der Waals surface area contributed by atoms with E-state index < -0.39 is 0 Å². The van der Waals surface area contributed by atoms with E-state index in [4.69, 9.17) is 4.11 Å². The summed E-state index contributed by atoms with van der Waals surface area (Å²) in [5.41, 5.74) is 8.79. The van der Waals surface area contributed by atoms with Gasteiger partial charge in [-0.3, -0.25) is 0 Å². The van der Waals surface area contributed by atoms with Gasteiger partial charge in [-0.15, -0.1) is 22.7 Å². The van der Waals surface area contributed by atoms with Crippen LogP contribution >= 0.6 is 22.7 Å². The fraction of sp³-hybridized carbons (Fsp3) is 0. The number of para-hydroxylation sites is 5. The number of thiophene rings is 2. The van der Waals surface area contributed by atoms with Gasteiger partial charge < -0.3 is 14.7 Å². The smallest absolute Gasteiger partial charge is 0.0638 e. The van der Waals surface area contributed by atoms with Crippen LogP contribution in [-0.2, 0) is 0 Å². The van der Waals surface area contributed by atoms with Crippen LogP contribution < -0.4 is 14.7 Å². The lowest BCUT2D eigenvalue weighted by Gasteiger charge is -2.30. The molecule has 0 amide bonds. The van der Waals surface area contributed by atoms with Gasteiger partial charge in [-0.1, -0.05) is 115 Å². The minimum Gasteiger partial charge on any atom is -0.310 e. The third-order valence-corrected chi connectivity index (χ3v) is 12.9. The maximum absolute atomic E-state index is 9.21. The van der Waals surface area contributed by atoms with E-state index in [2.05, 4.69) is 160 Å². The zero-order chi connectivity index (χ0) is 42.6. The van der Waals surface area contributed by atoms with Crippen molar-refractivity contribution in [2.24, 2.45) is 0 Å². The number of hydrogen-bond donors (Lipinski definition) is 0. The molecule has 0 saturated heterocycles. The Hall–Kier alpha value is -7.18. The minimum atomic E-state index is -0.240. The molecule has 0 unspecified atom stereocenters. The monoisotopic (exact) mass is 795 g/mol. The van der Waals surface area contributed by atoms with Gasteiger partial charge in [0, 0.05) is 85.8 Å². The Bertz CT molecular complexity index is 3380. The molecule has 0 bridgehead atoms. The van der Waals surface area contributed by atoms with Gasteiger partial charge in [0.1, 0.15) is 0 Å². The molecule has 2 aromatic heterocycles. The van der Waals surface area contributed by atoms with Crippen molar-refractivity contribution in [3.05, 3.63) is 224 Å². The van der Waals surface area contributed by atoms with Gasteiger partial charge in [0.25, 0.3) is 0 Å². The molecular formula is C54H37N3S2. The lowest BCUT2D eigenvalue weighted by atomic mass is 10.1. The number of hydrogen-bond acceptors (Lipinski definition) is 5. The van der Waals surface area contributed by atoms with E-state index in [1.54, 1.807) is 11.3 Å². The van der Waals surface area contributed by atoms with Gasteiger partial charge in [0.05, 0.1) is 11.2 Å². The van der Waals surface area contributed by atoms with Crippen LogP contribution in [0.2, 0.25) is 0 Å². The van der Waals surface area contributed by atoms with Crippen molar-refractivity contribution in [3.8, 4) is 0 Å². The zero-order valence-electron chi connectivity index (χ0n) is 35.7. The summed E-state index contributed by atoms with van der Waals surface area (Å²) < 4.78 is 39.3. The lowest BCUT2D eigenvalue weighted by molar-refractivity contribution is 1.27. The fourth-order valence-electron chi connectivity index (χ4n) is 8.13. The van der Waals surface area contributed by atoms with Crippen LogP contribution in [0.15, 0.2) is 224 Å². The van der Waals surface area contributed by atoms with Gasteiger partial charge in [0.2, 0.25) is 0 Å². The molecule has 0 spiro atoms. The average Bonchev–Trinajstić information content (AvgIpc) is 3.91. The highest BCUT2D eigenvalue weighted by atomic mass is 32.1. The van der Waals surface area contributed by atoms with Crippen LogP contribution in [0.5, 0.6) is 0 Å². The predicted octanol–water partition coefficient (Wildman–Crippen LogP) is 16.8. The molecule has 0 aliphatic rings. The molecule has 0 saturated carbocycles. The van der Waals surface area contributed by atoms with Crippen molar-refractivity contribution >= 4 is 114 Å². The highest BCUT2D eigenvalue weighted by molar-refractivity contribution is 7.26. The molecule has 0 aliphatic carbocycles. The first-order chi connectivity index (χ1) is 30.9. The molecule has 2 heterocycles. The summed E-state index contributed by atoms with van der Waals surface area (Å²) in [5, 5.41) is 3.67. The molecule has 9 aromatic carbocycles. The lowest BCUT2D eigenvalue weighted by Crippen LogP contribution is -2.13.